The van der Waals surface area contributed by atoms with Gasteiger partial charge in [0, 0.05) is 18.0 Å². The van der Waals surface area contributed by atoms with Crippen LogP contribution in [0.15, 0.2) is 29.3 Å². The summed E-state index contributed by atoms with van der Waals surface area (Å²) in [4.78, 5) is 7.33. The molecular formula is C12H13FN2. The fourth-order valence-corrected chi connectivity index (χ4v) is 1.74. The molecule has 0 unspecified atom stereocenters. The average Bonchev–Trinajstić information content (AvgIpc) is 2.65. The summed E-state index contributed by atoms with van der Waals surface area (Å²) in [6.07, 6.45) is 0.838. The van der Waals surface area contributed by atoms with E-state index < -0.39 is 0 Å². The lowest BCUT2D eigenvalue weighted by atomic mass is 10.2. The molecule has 78 valence electrons. The zero-order chi connectivity index (χ0) is 10.8. The van der Waals surface area contributed by atoms with Gasteiger partial charge in [-0.2, -0.15) is 0 Å². The Morgan fingerprint density at radius 1 is 1.47 bits per heavy atom. The van der Waals surface area contributed by atoms with Crippen molar-refractivity contribution in [2.24, 2.45) is 4.99 Å². The highest BCUT2D eigenvalue weighted by atomic mass is 19.1. The first-order chi connectivity index (χ1) is 7.26. The van der Waals surface area contributed by atoms with Gasteiger partial charge in [0.05, 0.1) is 11.4 Å². The maximum absolute atomic E-state index is 13.4. The topological polar surface area (TPSA) is 28.1 Å². The van der Waals surface area contributed by atoms with Crippen LogP contribution in [0.5, 0.6) is 0 Å². The van der Waals surface area contributed by atoms with Crippen LogP contribution < -0.4 is 0 Å². The van der Waals surface area contributed by atoms with Gasteiger partial charge in [-0.15, -0.1) is 0 Å². The molecule has 0 bridgehead atoms. The quantitative estimate of drug-likeness (QED) is 0.728. The molecule has 0 aliphatic carbocycles. The molecule has 0 atom stereocenters. The van der Waals surface area contributed by atoms with Crippen LogP contribution in [-0.2, 0) is 0 Å². The summed E-state index contributed by atoms with van der Waals surface area (Å²) < 4.78 is 13.4. The molecule has 2 nitrogen and oxygen atoms in total. The molecule has 2 aromatic rings. The van der Waals surface area contributed by atoms with Gasteiger partial charge in [0.15, 0.2) is 0 Å². The van der Waals surface area contributed by atoms with Gasteiger partial charge in [0.25, 0.3) is 0 Å². The molecule has 0 saturated heterocycles. The molecule has 0 saturated carbocycles. The fourth-order valence-electron chi connectivity index (χ4n) is 1.74. The first-order valence-electron chi connectivity index (χ1n) is 4.99. The van der Waals surface area contributed by atoms with Crippen molar-refractivity contribution in [1.29, 1.82) is 0 Å². The summed E-state index contributed by atoms with van der Waals surface area (Å²) in [5.41, 5.74) is 2.69. The van der Waals surface area contributed by atoms with Gasteiger partial charge in [-0.3, -0.25) is 4.99 Å². The second kappa shape index (κ2) is 3.85. The number of H-pyrrole nitrogens is 1. The van der Waals surface area contributed by atoms with Crippen LogP contribution in [0.2, 0.25) is 0 Å². The highest BCUT2D eigenvalue weighted by Gasteiger charge is 2.07. The number of aromatic nitrogens is 1. The van der Waals surface area contributed by atoms with E-state index >= 15 is 0 Å². The zero-order valence-corrected chi connectivity index (χ0v) is 8.84. The molecule has 0 radical (unpaired) electrons. The van der Waals surface area contributed by atoms with E-state index in [0.29, 0.717) is 5.39 Å². The Balaban J connectivity index is 2.61. The third kappa shape index (κ3) is 1.65. The van der Waals surface area contributed by atoms with Crippen molar-refractivity contribution in [3.05, 3.63) is 35.8 Å². The van der Waals surface area contributed by atoms with E-state index in [1.165, 1.54) is 6.07 Å². The van der Waals surface area contributed by atoms with Crippen LogP contribution in [0.3, 0.4) is 0 Å². The van der Waals surface area contributed by atoms with Gasteiger partial charge < -0.3 is 4.98 Å². The van der Waals surface area contributed by atoms with Gasteiger partial charge >= 0.3 is 0 Å². The minimum absolute atomic E-state index is 0.193. The monoisotopic (exact) mass is 204 g/mol. The number of aliphatic imine (C=N–C) groups is 1. The Hall–Kier alpha value is -1.64. The van der Waals surface area contributed by atoms with Gasteiger partial charge in [-0.25, -0.2) is 4.39 Å². The van der Waals surface area contributed by atoms with Crippen molar-refractivity contribution in [1.82, 2.24) is 4.98 Å². The Labute approximate surface area is 87.8 Å². The molecule has 1 N–H and O–H groups in total. The largest absolute Gasteiger partial charge is 0.353 e. The summed E-state index contributed by atoms with van der Waals surface area (Å²) in [5, 5.41) is 0.627. The number of fused-ring (bicyclic) bond motifs is 1. The van der Waals surface area contributed by atoms with Gasteiger partial charge in [0.2, 0.25) is 0 Å². The molecule has 1 aromatic carbocycles. The van der Waals surface area contributed by atoms with Crippen LogP contribution in [0.1, 0.15) is 19.0 Å². The summed E-state index contributed by atoms with van der Waals surface area (Å²) in [5.74, 6) is -0.193. The zero-order valence-electron chi connectivity index (χ0n) is 8.84. The maximum Gasteiger partial charge on any atom is 0.132 e. The summed E-state index contributed by atoms with van der Waals surface area (Å²) in [6.45, 7) is 2.03. The van der Waals surface area contributed by atoms with Crippen molar-refractivity contribution in [2.45, 2.75) is 13.3 Å². The van der Waals surface area contributed by atoms with Crippen LogP contribution in [0.4, 0.5) is 4.39 Å². The summed E-state index contributed by atoms with van der Waals surface area (Å²) in [6, 6.07) is 6.85. The molecule has 3 heteroatoms. The Kier molecular flexibility index (Phi) is 2.54. The number of aromatic amines is 1. The van der Waals surface area contributed by atoms with Crippen LogP contribution in [0.25, 0.3) is 10.9 Å². The number of nitrogens with one attached hydrogen (secondary N) is 1. The molecule has 0 amide bonds. The van der Waals surface area contributed by atoms with E-state index in [1.54, 1.807) is 13.1 Å². The number of benzene rings is 1. The van der Waals surface area contributed by atoms with Crippen molar-refractivity contribution >= 4 is 16.6 Å². The molecule has 15 heavy (non-hydrogen) atoms. The molecule has 2 rings (SSSR count). The lowest BCUT2D eigenvalue weighted by Gasteiger charge is -1.96. The number of rotatable bonds is 2. The second-order valence-corrected chi connectivity index (χ2v) is 3.41. The van der Waals surface area contributed by atoms with E-state index in [2.05, 4.69) is 9.98 Å². The van der Waals surface area contributed by atoms with Crippen LogP contribution in [0, 0.1) is 5.82 Å². The Bertz CT molecular complexity index is 511. The first-order valence-corrected chi connectivity index (χ1v) is 4.99. The van der Waals surface area contributed by atoms with E-state index in [0.717, 1.165) is 23.3 Å². The predicted octanol–water partition coefficient (Wildman–Crippen LogP) is 3.14. The van der Waals surface area contributed by atoms with E-state index in [-0.39, 0.29) is 5.82 Å². The minimum Gasteiger partial charge on any atom is -0.353 e. The van der Waals surface area contributed by atoms with E-state index in [4.69, 9.17) is 0 Å². The normalized spacial score (nSPS) is 12.3. The SMILES string of the molecule is CC/C(=N\C)c1cc2c(F)cccc2[nH]1. The number of hydrogen-bond acceptors (Lipinski definition) is 1. The van der Waals surface area contributed by atoms with Crippen LogP contribution >= 0.6 is 0 Å². The highest BCUT2D eigenvalue weighted by molar-refractivity contribution is 6.02. The van der Waals surface area contributed by atoms with E-state index in [1.807, 2.05) is 19.1 Å². The van der Waals surface area contributed by atoms with Crippen molar-refractivity contribution in [3.63, 3.8) is 0 Å². The predicted molar refractivity (Wildman–Crippen MR) is 61.0 cm³/mol. The van der Waals surface area contributed by atoms with Crippen molar-refractivity contribution in [3.8, 4) is 0 Å². The average molecular weight is 204 g/mol. The molecule has 0 aliphatic heterocycles. The summed E-state index contributed by atoms with van der Waals surface area (Å²) in [7, 11) is 1.75. The third-order valence-electron chi connectivity index (χ3n) is 2.53. The standard InChI is InChI=1S/C12H13FN2/c1-3-10(14-2)12-7-8-9(13)5-4-6-11(8)15-12/h4-7,15H,3H2,1-2H3/b14-10+. The maximum atomic E-state index is 13.4. The number of halogens is 1. The van der Waals surface area contributed by atoms with Gasteiger partial charge in [-0.1, -0.05) is 13.0 Å². The van der Waals surface area contributed by atoms with Gasteiger partial charge in [-0.05, 0) is 24.6 Å². The Morgan fingerprint density at radius 2 is 2.27 bits per heavy atom. The van der Waals surface area contributed by atoms with Crippen LogP contribution in [-0.4, -0.2) is 17.7 Å². The first kappa shape index (κ1) is 9.90. The molecule has 1 heterocycles. The summed E-state index contributed by atoms with van der Waals surface area (Å²) >= 11 is 0. The smallest absolute Gasteiger partial charge is 0.132 e. The molecule has 1 aromatic heterocycles. The molecule has 0 aliphatic rings. The molecular weight excluding hydrogens is 191 g/mol. The Morgan fingerprint density at radius 3 is 2.87 bits per heavy atom. The minimum atomic E-state index is -0.193. The third-order valence-corrected chi connectivity index (χ3v) is 2.53. The lowest BCUT2D eigenvalue weighted by Crippen LogP contribution is -1.98. The fraction of sp³-hybridized carbons (Fsp3) is 0.250. The van der Waals surface area contributed by atoms with Crippen molar-refractivity contribution < 1.29 is 4.39 Å². The second-order valence-electron chi connectivity index (χ2n) is 3.41. The number of nitrogens with zero attached hydrogens (tertiary/aromatic N) is 1. The highest BCUT2D eigenvalue weighted by Crippen LogP contribution is 2.19. The number of hydrogen-bond donors (Lipinski definition) is 1. The lowest BCUT2D eigenvalue weighted by molar-refractivity contribution is 0.640. The van der Waals surface area contributed by atoms with Gasteiger partial charge in [0.1, 0.15) is 5.82 Å². The van der Waals surface area contributed by atoms with E-state index in [9.17, 15) is 4.39 Å². The molecule has 0 spiro atoms. The molecule has 0 fully saturated rings. The van der Waals surface area contributed by atoms with Crippen molar-refractivity contribution in [2.75, 3.05) is 7.05 Å².